The zero-order valence-corrected chi connectivity index (χ0v) is 40.9. The molecule has 0 saturated heterocycles. The van der Waals surface area contributed by atoms with Crippen molar-refractivity contribution >= 4 is 0 Å². The maximum Gasteiger partial charge on any atom is 0.471 e. The number of rotatable bonds is 34. The Bertz CT molecular complexity index is 2340. The normalized spacial score (nSPS) is 12.1. The molecule has 0 saturated carbocycles. The van der Waals surface area contributed by atoms with Gasteiger partial charge in [0.2, 0.25) is 11.6 Å². The summed E-state index contributed by atoms with van der Waals surface area (Å²) < 4.78 is 148. The highest BCUT2D eigenvalue weighted by Gasteiger charge is 2.39. The smallest absolute Gasteiger partial charge is 0.471 e. The van der Waals surface area contributed by atoms with Crippen LogP contribution in [-0.2, 0) is 71.6 Å². The number of aryl methyl sites for hydroxylation is 6. The Kier molecular flexibility index (Phi) is 22.0. The summed E-state index contributed by atoms with van der Waals surface area (Å²) in [5, 5.41) is 15.0. The summed E-state index contributed by atoms with van der Waals surface area (Å²) in [6, 6.07) is 10.3. The maximum atomic E-state index is 12.9. The summed E-state index contributed by atoms with van der Waals surface area (Å²) in [4.78, 5) is 6.91. The number of alkyl halides is 6. The summed E-state index contributed by atoms with van der Waals surface area (Å²) in [6.45, 7) is 13.4. The van der Waals surface area contributed by atoms with Gasteiger partial charge in [0.25, 0.3) is 0 Å². The number of ether oxygens (including phenoxy) is 9. The number of hydrogen-bond donors (Lipinski definition) is 0. The van der Waals surface area contributed by atoms with Gasteiger partial charge in [-0.25, -0.2) is 0 Å². The molecule has 25 heteroatoms. The Hall–Kier alpha value is -5.96. The second-order valence-electron chi connectivity index (χ2n) is 16.4. The van der Waals surface area contributed by atoms with Gasteiger partial charge in [0.1, 0.15) is 34.4 Å². The molecule has 0 unspecified atom stereocenters. The van der Waals surface area contributed by atoms with Gasteiger partial charge < -0.3 is 60.7 Å². The third-order valence-electron chi connectivity index (χ3n) is 10.3. The van der Waals surface area contributed by atoms with Crippen molar-refractivity contribution in [2.45, 2.75) is 78.9 Å². The van der Waals surface area contributed by atoms with E-state index in [1.54, 1.807) is 52.0 Å². The first-order valence-corrected chi connectivity index (χ1v) is 23.4. The minimum absolute atomic E-state index is 0.147. The van der Waals surface area contributed by atoms with Crippen LogP contribution in [0.3, 0.4) is 0 Å². The molecule has 0 atom stereocenters. The van der Waals surface area contributed by atoms with Crippen LogP contribution in [0.1, 0.15) is 69.8 Å². The number of halogens is 6. The van der Waals surface area contributed by atoms with Gasteiger partial charge in [-0.2, -0.15) is 36.3 Å². The zero-order valence-electron chi connectivity index (χ0n) is 40.9. The minimum atomic E-state index is -4.72. The first-order valence-electron chi connectivity index (χ1n) is 23.4. The van der Waals surface area contributed by atoms with Gasteiger partial charge in [-0.1, -0.05) is 20.6 Å². The lowest BCUT2D eigenvalue weighted by Gasteiger charge is -2.13. The van der Waals surface area contributed by atoms with E-state index in [-0.39, 0.29) is 24.9 Å². The van der Waals surface area contributed by atoms with Crippen molar-refractivity contribution in [3.63, 3.8) is 0 Å². The van der Waals surface area contributed by atoms with E-state index in [1.165, 1.54) is 0 Å². The Balaban J connectivity index is 0.672. The quantitative estimate of drug-likeness (QED) is 0.0273. The van der Waals surface area contributed by atoms with Crippen molar-refractivity contribution in [1.29, 1.82) is 0 Å². The molecule has 4 aromatic heterocycles. The number of aromatic nitrogens is 6. The lowest BCUT2D eigenvalue weighted by atomic mass is 10.1. The molecule has 4 heterocycles. The van der Waals surface area contributed by atoms with Crippen molar-refractivity contribution in [2.24, 2.45) is 0 Å². The molecule has 6 rings (SSSR count). The second-order valence-corrected chi connectivity index (χ2v) is 16.4. The third-order valence-corrected chi connectivity index (χ3v) is 10.3. The van der Waals surface area contributed by atoms with Crippen LogP contribution in [0.2, 0.25) is 0 Å². The summed E-state index contributed by atoms with van der Waals surface area (Å²) >= 11 is 0. The van der Waals surface area contributed by atoms with E-state index in [1.807, 2.05) is 12.1 Å². The lowest BCUT2D eigenvalue weighted by molar-refractivity contribution is -0.160. The average molecular weight is 1040 g/mol. The van der Waals surface area contributed by atoms with Crippen molar-refractivity contribution in [2.75, 3.05) is 92.5 Å². The molecule has 0 fully saturated rings. The Morgan fingerprint density at radius 3 is 1.01 bits per heavy atom. The topological polar surface area (TPSA) is 213 Å². The van der Waals surface area contributed by atoms with Gasteiger partial charge in [0.05, 0.1) is 106 Å². The highest BCUT2D eigenvalue weighted by molar-refractivity contribution is 5.62. The summed E-state index contributed by atoms with van der Waals surface area (Å²) in [7, 11) is 0. The van der Waals surface area contributed by atoms with Crippen molar-refractivity contribution in [3.05, 3.63) is 93.3 Å². The van der Waals surface area contributed by atoms with E-state index in [9.17, 15) is 26.3 Å². The third kappa shape index (κ3) is 18.8. The largest absolute Gasteiger partial charge is 0.493 e. The summed E-state index contributed by atoms with van der Waals surface area (Å²) in [6.07, 6.45) is -6.97. The van der Waals surface area contributed by atoms with Crippen LogP contribution < -0.4 is 9.47 Å². The number of hydrogen-bond acceptors (Lipinski definition) is 19. The molecule has 0 aliphatic rings. The van der Waals surface area contributed by atoms with Crippen molar-refractivity contribution in [1.82, 2.24) is 30.6 Å². The number of benzene rings is 2. The van der Waals surface area contributed by atoms with E-state index in [2.05, 4.69) is 39.6 Å². The van der Waals surface area contributed by atoms with Crippen LogP contribution in [0.4, 0.5) is 26.3 Å². The molecule has 0 bridgehead atoms. The zero-order chi connectivity index (χ0) is 52.1. The Morgan fingerprint density at radius 1 is 0.397 bits per heavy atom. The molecule has 2 aromatic carbocycles. The van der Waals surface area contributed by atoms with Crippen LogP contribution in [0, 0.1) is 27.7 Å². The Labute approximate surface area is 416 Å². The fourth-order valence-corrected chi connectivity index (χ4v) is 7.02. The monoisotopic (exact) mass is 1040 g/mol. The molecule has 400 valence electrons. The average Bonchev–Trinajstić information content (AvgIpc) is 4.19. The van der Waals surface area contributed by atoms with Gasteiger partial charge in [-0.15, -0.1) is 0 Å². The highest BCUT2D eigenvalue weighted by atomic mass is 19.4. The maximum absolute atomic E-state index is 12.9. The predicted octanol–water partition coefficient (Wildman–Crippen LogP) is 8.87. The minimum Gasteiger partial charge on any atom is -0.493 e. The first kappa shape index (κ1) is 56.3. The van der Waals surface area contributed by atoms with E-state index < -0.39 is 24.1 Å². The molecule has 19 nitrogen and oxygen atoms in total. The summed E-state index contributed by atoms with van der Waals surface area (Å²) in [5.74, 6) is -0.445. The van der Waals surface area contributed by atoms with E-state index in [4.69, 9.17) is 51.7 Å². The second kappa shape index (κ2) is 28.5. The van der Waals surface area contributed by atoms with E-state index >= 15 is 0 Å². The molecule has 0 radical (unpaired) electrons. The molecule has 0 amide bonds. The van der Waals surface area contributed by atoms with Crippen LogP contribution >= 0.6 is 0 Å². The predicted molar refractivity (Wildman–Crippen MR) is 242 cm³/mol. The van der Waals surface area contributed by atoms with E-state index in [0.29, 0.717) is 164 Å². The first-order chi connectivity index (χ1) is 35.1. The van der Waals surface area contributed by atoms with E-state index in [0.717, 1.165) is 22.3 Å². The van der Waals surface area contributed by atoms with Crippen molar-refractivity contribution < 1.29 is 87.1 Å². The molecule has 6 aromatic rings. The van der Waals surface area contributed by atoms with Gasteiger partial charge in [0.15, 0.2) is 0 Å². The molecule has 0 spiro atoms. The van der Waals surface area contributed by atoms with Crippen LogP contribution in [0.5, 0.6) is 11.5 Å². The molecule has 0 N–H and O–H groups in total. The lowest BCUT2D eigenvalue weighted by Crippen LogP contribution is -2.14. The van der Waals surface area contributed by atoms with Gasteiger partial charge in [-0.3, -0.25) is 0 Å². The molecule has 73 heavy (non-hydrogen) atoms. The molecular weight excluding hydrogens is 983 g/mol. The Morgan fingerprint density at radius 2 is 0.712 bits per heavy atom. The standard InChI is InChI=1S/C48H58F6N6O13/c1-31-23-35(43-55-45(72-59-43)47(49,50)51)24-32(2)41(31)68-9-5-7-39-27-37(57-70-39)29-66-21-19-64-17-15-62-13-11-61-12-14-63-16-18-65-20-22-67-30-38-28-40(71-58-38)8-6-10-69-42-33(3)25-36(26-34(42)4)44-56-46(73-60-44)48(52,53)54/h23-28H,5-22,29-30H2,1-4H3. The van der Waals surface area contributed by atoms with Crippen LogP contribution in [0.25, 0.3) is 22.8 Å². The van der Waals surface area contributed by atoms with Crippen LogP contribution in [-0.4, -0.2) is 123 Å². The fraction of sp³-hybridized carbons (Fsp3) is 0.542. The van der Waals surface area contributed by atoms with Crippen molar-refractivity contribution in [3.8, 4) is 34.3 Å². The molecular formula is C48H58F6N6O13. The van der Waals surface area contributed by atoms with Gasteiger partial charge in [0, 0.05) is 36.1 Å². The molecule has 0 aliphatic heterocycles. The van der Waals surface area contributed by atoms with Gasteiger partial charge in [-0.05, 0) is 87.1 Å². The van der Waals surface area contributed by atoms with Gasteiger partial charge >= 0.3 is 24.1 Å². The van der Waals surface area contributed by atoms with Crippen LogP contribution in [0.15, 0.2) is 54.5 Å². The summed E-state index contributed by atoms with van der Waals surface area (Å²) in [5.41, 5.74) is 5.03. The SMILES string of the molecule is Cc1cc(-c2noc(C(F)(F)F)n2)cc(C)c1OCCCc1cc(COCCOCCOCCOCCOCCOCCOCc2cc(CCCOc3c(C)cc(-c4noc(C(F)(F)F)n4)cc3C)on2)no1. The fourth-order valence-electron chi connectivity index (χ4n) is 7.02. The highest BCUT2D eigenvalue weighted by Crippen LogP contribution is 2.34. The molecule has 0 aliphatic carbocycles. The number of nitrogens with zero attached hydrogens (tertiary/aromatic N) is 6.